The third-order valence-electron chi connectivity index (χ3n) is 8.38. The summed E-state index contributed by atoms with van der Waals surface area (Å²) in [7, 11) is 0. The van der Waals surface area contributed by atoms with Crippen LogP contribution in [0.2, 0.25) is 5.02 Å². The highest BCUT2D eigenvalue weighted by Gasteiger charge is 2.30. The number of rotatable bonds is 10. The first-order chi connectivity index (χ1) is 22.0. The minimum atomic E-state index is -0.787. The number of carbonyl (C=O) groups is 2. The van der Waals surface area contributed by atoms with Gasteiger partial charge in [-0.1, -0.05) is 35.9 Å². The van der Waals surface area contributed by atoms with E-state index in [1.807, 2.05) is 26.0 Å². The first-order valence-electron chi connectivity index (χ1n) is 16.2. The number of aryl methyl sites for hydroxylation is 2. The summed E-state index contributed by atoms with van der Waals surface area (Å²) < 4.78 is 11.1. The van der Waals surface area contributed by atoms with Crippen LogP contribution in [0.4, 0.5) is 17.5 Å². The standard InChI is InChI=1S/C35H45ClN6O4/c1-22-31(38-20-27(34(44)46-35(3,4)5)19-30(43)45-21-26-9-6-7-11-28(26)36)39-23(2)40-33(22)42-17-14-24(15-18-42)29-13-12-25-10-8-16-37-32(25)41-29/h6-7,9,11-13,24,27H,8,10,14-21H2,1-5H3,(H,37,41)(H,38,39,40)/t27-/m0/s1. The lowest BCUT2D eigenvalue weighted by Gasteiger charge is -2.34. The molecule has 2 aliphatic heterocycles. The van der Waals surface area contributed by atoms with Crippen LogP contribution in [0, 0.1) is 19.8 Å². The predicted octanol–water partition coefficient (Wildman–Crippen LogP) is 6.39. The third-order valence-corrected chi connectivity index (χ3v) is 8.74. The maximum absolute atomic E-state index is 13.2. The van der Waals surface area contributed by atoms with Crippen molar-refractivity contribution in [3.63, 3.8) is 0 Å². The molecule has 0 aliphatic carbocycles. The van der Waals surface area contributed by atoms with Gasteiger partial charge in [0.15, 0.2) is 0 Å². The summed E-state index contributed by atoms with van der Waals surface area (Å²) in [5, 5.41) is 7.30. The molecular formula is C35H45ClN6O4. The smallest absolute Gasteiger partial charge is 0.311 e. The Morgan fingerprint density at radius 2 is 1.85 bits per heavy atom. The highest BCUT2D eigenvalue weighted by atomic mass is 35.5. The zero-order chi connectivity index (χ0) is 32.8. The Morgan fingerprint density at radius 3 is 2.59 bits per heavy atom. The molecule has 1 atom stereocenters. The van der Waals surface area contributed by atoms with Crippen molar-refractivity contribution < 1.29 is 19.1 Å². The number of hydrogen-bond donors (Lipinski definition) is 2. The molecule has 10 nitrogen and oxygen atoms in total. The topological polar surface area (TPSA) is 119 Å². The Balaban J connectivity index is 1.24. The van der Waals surface area contributed by atoms with E-state index in [-0.39, 0.29) is 19.6 Å². The van der Waals surface area contributed by atoms with Crippen molar-refractivity contribution in [2.45, 2.75) is 84.8 Å². The van der Waals surface area contributed by atoms with E-state index in [4.69, 9.17) is 31.0 Å². The Labute approximate surface area is 276 Å². The Morgan fingerprint density at radius 1 is 1.09 bits per heavy atom. The molecule has 5 rings (SSSR count). The first-order valence-corrected chi connectivity index (χ1v) is 16.5. The molecule has 3 aromatic rings. The summed E-state index contributed by atoms with van der Waals surface area (Å²) >= 11 is 6.21. The number of aromatic nitrogens is 3. The fraction of sp³-hybridized carbons (Fsp3) is 0.514. The molecule has 0 saturated carbocycles. The second kappa shape index (κ2) is 14.7. The van der Waals surface area contributed by atoms with Gasteiger partial charge in [-0.05, 0) is 78.0 Å². The highest BCUT2D eigenvalue weighted by Crippen LogP contribution is 2.33. The Hall–Kier alpha value is -3.92. The first kappa shape index (κ1) is 33.4. The SMILES string of the molecule is Cc1nc(NC[C@H](CC(=O)OCc2ccccc2Cl)C(=O)OC(C)(C)C)c(C)c(N2CCC(c3ccc4c(n3)NCCC4)CC2)n1. The minimum absolute atomic E-state index is 0.0245. The summed E-state index contributed by atoms with van der Waals surface area (Å²) in [6, 6.07) is 11.6. The average Bonchev–Trinajstić information content (AvgIpc) is 3.03. The van der Waals surface area contributed by atoms with Gasteiger partial charge in [0, 0.05) is 53.9 Å². The number of carbonyl (C=O) groups excluding carboxylic acids is 2. The van der Waals surface area contributed by atoms with Crippen LogP contribution in [0.15, 0.2) is 36.4 Å². The van der Waals surface area contributed by atoms with Gasteiger partial charge in [-0.15, -0.1) is 0 Å². The van der Waals surface area contributed by atoms with Gasteiger partial charge in [0.25, 0.3) is 0 Å². The number of esters is 2. The predicted molar refractivity (Wildman–Crippen MR) is 180 cm³/mol. The normalized spacial score (nSPS) is 15.8. The van der Waals surface area contributed by atoms with Crippen LogP contribution < -0.4 is 15.5 Å². The van der Waals surface area contributed by atoms with Crippen LogP contribution in [0.3, 0.4) is 0 Å². The lowest BCUT2D eigenvalue weighted by atomic mass is 9.92. The van der Waals surface area contributed by atoms with Crippen LogP contribution in [-0.4, -0.2) is 58.7 Å². The van der Waals surface area contributed by atoms with E-state index in [0.717, 1.165) is 68.2 Å². The van der Waals surface area contributed by atoms with E-state index in [1.165, 1.54) is 5.56 Å². The van der Waals surface area contributed by atoms with Gasteiger partial charge in [-0.3, -0.25) is 9.59 Å². The van der Waals surface area contributed by atoms with E-state index in [9.17, 15) is 9.59 Å². The van der Waals surface area contributed by atoms with Crippen LogP contribution in [0.25, 0.3) is 0 Å². The summed E-state index contributed by atoms with van der Waals surface area (Å²) in [6.07, 6.45) is 4.05. The second-order valence-corrected chi connectivity index (χ2v) is 13.6. The van der Waals surface area contributed by atoms with Crippen molar-refractivity contribution in [3.05, 3.63) is 69.6 Å². The van der Waals surface area contributed by atoms with Crippen molar-refractivity contribution in [1.29, 1.82) is 0 Å². The van der Waals surface area contributed by atoms with E-state index >= 15 is 0 Å². The number of nitrogens with zero attached hydrogens (tertiary/aromatic N) is 4. The number of benzene rings is 1. The molecular weight excluding hydrogens is 604 g/mol. The molecule has 0 spiro atoms. The van der Waals surface area contributed by atoms with Crippen LogP contribution in [-0.2, 0) is 32.1 Å². The van der Waals surface area contributed by atoms with E-state index in [1.54, 1.807) is 32.9 Å². The molecule has 2 N–H and O–H groups in total. The fourth-order valence-electron chi connectivity index (χ4n) is 5.93. The van der Waals surface area contributed by atoms with E-state index < -0.39 is 23.5 Å². The lowest BCUT2D eigenvalue weighted by Crippen LogP contribution is -2.35. The molecule has 2 aromatic heterocycles. The molecule has 0 unspecified atom stereocenters. The zero-order valence-electron chi connectivity index (χ0n) is 27.5. The number of hydrogen-bond acceptors (Lipinski definition) is 10. The summed E-state index contributed by atoms with van der Waals surface area (Å²) in [6.45, 7) is 12.1. The van der Waals surface area contributed by atoms with Gasteiger partial charge >= 0.3 is 11.9 Å². The van der Waals surface area contributed by atoms with Crippen LogP contribution in [0.5, 0.6) is 0 Å². The Bertz CT molecular complexity index is 1550. The minimum Gasteiger partial charge on any atom is -0.461 e. The number of halogens is 1. The monoisotopic (exact) mass is 648 g/mol. The fourth-order valence-corrected chi connectivity index (χ4v) is 6.12. The van der Waals surface area contributed by atoms with Gasteiger partial charge in [-0.2, -0.15) is 0 Å². The zero-order valence-corrected chi connectivity index (χ0v) is 28.2. The van der Waals surface area contributed by atoms with Crippen molar-refractivity contribution in [3.8, 4) is 0 Å². The molecule has 4 heterocycles. The maximum atomic E-state index is 13.2. The number of pyridine rings is 1. The molecule has 0 bridgehead atoms. The third kappa shape index (κ3) is 8.66. The summed E-state index contributed by atoms with van der Waals surface area (Å²) in [5.74, 6) is 1.80. The molecule has 46 heavy (non-hydrogen) atoms. The molecule has 1 aromatic carbocycles. The van der Waals surface area contributed by atoms with Crippen molar-refractivity contribution >= 4 is 41.0 Å². The maximum Gasteiger partial charge on any atom is 0.311 e. The van der Waals surface area contributed by atoms with Crippen LogP contribution in [0.1, 0.15) is 80.6 Å². The summed E-state index contributed by atoms with van der Waals surface area (Å²) in [4.78, 5) is 42.8. The molecule has 1 saturated heterocycles. The quantitative estimate of drug-likeness (QED) is 0.240. The van der Waals surface area contributed by atoms with Gasteiger partial charge in [0.2, 0.25) is 0 Å². The lowest BCUT2D eigenvalue weighted by molar-refractivity contribution is -0.163. The summed E-state index contributed by atoms with van der Waals surface area (Å²) in [5.41, 5.74) is 3.35. The van der Waals surface area contributed by atoms with Gasteiger partial charge in [0.05, 0.1) is 12.3 Å². The number of ether oxygens (including phenoxy) is 2. The second-order valence-electron chi connectivity index (χ2n) is 13.2. The Kier molecular flexibility index (Phi) is 10.7. The van der Waals surface area contributed by atoms with Gasteiger partial charge in [0.1, 0.15) is 35.5 Å². The average molecular weight is 649 g/mol. The molecule has 246 valence electrons. The highest BCUT2D eigenvalue weighted by molar-refractivity contribution is 6.31. The molecule has 0 amide bonds. The van der Waals surface area contributed by atoms with Crippen molar-refractivity contribution in [2.75, 3.05) is 41.7 Å². The molecule has 0 radical (unpaired) electrons. The van der Waals surface area contributed by atoms with E-state index in [0.29, 0.717) is 28.1 Å². The van der Waals surface area contributed by atoms with Crippen molar-refractivity contribution in [1.82, 2.24) is 15.0 Å². The van der Waals surface area contributed by atoms with Gasteiger partial charge < -0.3 is 25.0 Å². The van der Waals surface area contributed by atoms with Crippen LogP contribution >= 0.6 is 11.6 Å². The number of piperidine rings is 1. The van der Waals surface area contributed by atoms with E-state index in [2.05, 4.69) is 32.7 Å². The number of fused-ring (bicyclic) bond motifs is 1. The largest absolute Gasteiger partial charge is 0.461 e. The number of nitrogens with one attached hydrogen (secondary N) is 2. The molecule has 2 aliphatic rings. The molecule has 1 fully saturated rings. The van der Waals surface area contributed by atoms with Crippen molar-refractivity contribution in [2.24, 2.45) is 5.92 Å². The number of anilines is 3. The van der Waals surface area contributed by atoms with Gasteiger partial charge in [-0.25, -0.2) is 15.0 Å². The molecule has 11 heteroatoms.